The molecule has 0 unspecified atom stereocenters. The smallest absolute Gasteiger partial charge is 0.123 e. The van der Waals surface area contributed by atoms with E-state index >= 15 is 0 Å². The molecule has 1 heterocycles. The van der Waals surface area contributed by atoms with Crippen LogP contribution in [0, 0.1) is 11.7 Å². The van der Waals surface area contributed by atoms with Crippen molar-refractivity contribution >= 4 is 17.3 Å². The Balaban J connectivity index is 2.12. The van der Waals surface area contributed by atoms with Crippen LogP contribution in [0.3, 0.4) is 0 Å². The summed E-state index contributed by atoms with van der Waals surface area (Å²) in [6, 6.07) is 4.94. The maximum absolute atomic E-state index is 13.1. The molecule has 1 aliphatic rings. The van der Waals surface area contributed by atoms with E-state index in [0.717, 1.165) is 30.3 Å². The van der Waals surface area contributed by atoms with Crippen molar-refractivity contribution in [2.24, 2.45) is 5.92 Å². The van der Waals surface area contributed by atoms with Crippen LogP contribution in [0.1, 0.15) is 31.7 Å². The van der Waals surface area contributed by atoms with E-state index in [9.17, 15) is 4.39 Å². The third kappa shape index (κ3) is 2.92. The average Bonchev–Trinajstić information content (AvgIpc) is 2.39. The molecule has 2 rings (SSSR count). The van der Waals surface area contributed by atoms with Crippen molar-refractivity contribution in [1.82, 2.24) is 0 Å². The van der Waals surface area contributed by atoms with E-state index in [1.54, 1.807) is 6.07 Å². The maximum atomic E-state index is 13.1. The standard InChI is InChI=1S/C14H19ClFN/c1-2-11-5-7-17(8-6-11)14-4-3-13(16)9-12(14)10-15/h3-4,9,11H,2,5-8,10H2,1H3. The molecule has 1 aromatic rings. The second-order valence-electron chi connectivity index (χ2n) is 4.75. The summed E-state index contributed by atoms with van der Waals surface area (Å²) in [5.74, 6) is 1.03. The van der Waals surface area contributed by atoms with E-state index in [1.165, 1.54) is 25.3 Å². The van der Waals surface area contributed by atoms with Gasteiger partial charge in [0.05, 0.1) is 0 Å². The zero-order valence-corrected chi connectivity index (χ0v) is 11.0. The van der Waals surface area contributed by atoms with E-state index in [0.29, 0.717) is 5.88 Å². The molecule has 1 aromatic carbocycles. The lowest BCUT2D eigenvalue weighted by Crippen LogP contribution is -2.34. The molecule has 0 atom stereocenters. The molecule has 0 aliphatic carbocycles. The van der Waals surface area contributed by atoms with E-state index in [-0.39, 0.29) is 5.82 Å². The van der Waals surface area contributed by atoms with Crippen molar-refractivity contribution in [3.8, 4) is 0 Å². The van der Waals surface area contributed by atoms with Crippen LogP contribution in [0.5, 0.6) is 0 Å². The average molecular weight is 256 g/mol. The highest BCUT2D eigenvalue weighted by atomic mass is 35.5. The van der Waals surface area contributed by atoms with Gasteiger partial charge in [-0.1, -0.05) is 13.3 Å². The fraction of sp³-hybridized carbons (Fsp3) is 0.571. The highest BCUT2D eigenvalue weighted by Crippen LogP contribution is 2.28. The Labute approximate surface area is 108 Å². The summed E-state index contributed by atoms with van der Waals surface area (Å²) in [6.07, 6.45) is 3.73. The van der Waals surface area contributed by atoms with Gasteiger partial charge in [-0.15, -0.1) is 11.6 Å². The van der Waals surface area contributed by atoms with E-state index in [2.05, 4.69) is 11.8 Å². The first-order chi connectivity index (χ1) is 8.24. The third-order valence-corrected chi connectivity index (χ3v) is 4.01. The van der Waals surface area contributed by atoms with Crippen LogP contribution in [0.4, 0.5) is 10.1 Å². The number of anilines is 1. The first-order valence-electron chi connectivity index (χ1n) is 6.34. The first-order valence-corrected chi connectivity index (χ1v) is 6.87. The maximum Gasteiger partial charge on any atom is 0.123 e. The van der Waals surface area contributed by atoms with Crippen molar-refractivity contribution in [2.75, 3.05) is 18.0 Å². The molecule has 94 valence electrons. The molecule has 1 saturated heterocycles. The van der Waals surface area contributed by atoms with Gasteiger partial charge in [-0.2, -0.15) is 0 Å². The first kappa shape index (κ1) is 12.7. The van der Waals surface area contributed by atoms with Gasteiger partial charge in [-0.3, -0.25) is 0 Å². The second kappa shape index (κ2) is 5.72. The monoisotopic (exact) mass is 255 g/mol. The lowest BCUT2D eigenvalue weighted by molar-refractivity contribution is 0.395. The van der Waals surface area contributed by atoms with Crippen LogP contribution in [-0.2, 0) is 5.88 Å². The number of piperidine rings is 1. The van der Waals surface area contributed by atoms with Gasteiger partial charge in [0.25, 0.3) is 0 Å². The highest BCUT2D eigenvalue weighted by molar-refractivity contribution is 6.17. The zero-order chi connectivity index (χ0) is 12.3. The highest BCUT2D eigenvalue weighted by Gasteiger charge is 2.19. The number of alkyl halides is 1. The van der Waals surface area contributed by atoms with Crippen molar-refractivity contribution in [3.05, 3.63) is 29.6 Å². The summed E-state index contributed by atoms with van der Waals surface area (Å²) < 4.78 is 13.1. The lowest BCUT2D eigenvalue weighted by atomic mass is 9.94. The third-order valence-electron chi connectivity index (χ3n) is 3.72. The Morgan fingerprint density at radius 2 is 2.06 bits per heavy atom. The Kier molecular flexibility index (Phi) is 4.27. The molecule has 1 nitrogen and oxygen atoms in total. The van der Waals surface area contributed by atoms with Crippen molar-refractivity contribution in [1.29, 1.82) is 0 Å². The molecule has 1 fully saturated rings. The van der Waals surface area contributed by atoms with Crippen LogP contribution in [0.2, 0.25) is 0 Å². The van der Waals surface area contributed by atoms with Gasteiger partial charge >= 0.3 is 0 Å². The number of halogens is 2. The van der Waals surface area contributed by atoms with Gasteiger partial charge in [0.1, 0.15) is 5.82 Å². The Bertz CT molecular complexity index is 372. The minimum Gasteiger partial charge on any atom is -0.371 e. The molecule has 0 saturated carbocycles. The predicted octanol–water partition coefficient (Wildman–Crippen LogP) is 4.19. The molecule has 0 radical (unpaired) electrons. The molecule has 0 aromatic heterocycles. The van der Waals surface area contributed by atoms with Crippen LogP contribution < -0.4 is 4.90 Å². The summed E-state index contributed by atoms with van der Waals surface area (Å²) in [6.45, 7) is 4.38. The summed E-state index contributed by atoms with van der Waals surface area (Å²) in [5.41, 5.74) is 2.01. The minimum atomic E-state index is -0.201. The molecular formula is C14H19ClFN. The summed E-state index contributed by atoms with van der Waals surface area (Å²) in [5, 5.41) is 0. The van der Waals surface area contributed by atoms with E-state index in [4.69, 9.17) is 11.6 Å². The Morgan fingerprint density at radius 1 is 1.35 bits per heavy atom. The number of hydrogen-bond donors (Lipinski definition) is 0. The number of rotatable bonds is 3. The molecule has 0 bridgehead atoms. The summed E-state index contributed by atoms with van der Waals surface area (Å²) in [4.78, 5) is 2.34. The summed E-state index contributed by atoms with van der Waals surface area (Å²) in [7, 11) is 0. The van der Waals surface area contributed by atoms with E-state index < -0.39 is 0 Å². The van der Waals surface area contributed by atoms with Crippen LogP contribution in [0.25, 0.3) is 0 Å². The molecular weight excluding hydrogens is 237 g/mol. The largest absolute Gasteiger partial charge is 0.371 e. The van der Waals surface area contributed by atoms with Crippen molar-refractivity contribution in [2.45, 2.75) is 32.1 Å². The quantitative estimate of drug-likeness (QED) is 0.732. The van der Waals surface area contributed by atoms with Gasteiger partial charge in [0.2, 0.25) is 0 Å². The molecule has 0 spiro atoms. The van der Waals surface area contributed by atoms with Gasteiger partial charge in [0, 0.05) is 24.7 Å². The molecule has 17 heavy (non-hydrogen) atoms. The fourth-order valence-corrected chi connectivity index (χ4v) is 2.77. The number of nitrogens with zero attached hydrogens (tertiary/aromatic N) is 1. The molecule has 0 N–H and O–H groups in total. The summed E-state index contributed by atoms with van der Waals surface area (Å²) >= 11 is 5.89. The van der Waals surface area contributed by atoms with Gasteiger partial charge in [0.15, 0.2) is 0 Å². The topological polar surface area (TPSA) is 3.24 Å². The zero-order valence-electron chi connectivity index (χ0n) is 10.3. The van der Waals surface area contributed by atoms with Crippen molar-refractivity contribution < 1.29 is 4.39 Å². The van der Waals surface area contributed by atoms with Crippen molar-refractivity contribution in [3.63, 3.8) is 0 Å². The lowest BCUT2D eigenvalue weighted by Gasteiger charge is -2.34. The molecule has 1 aliphatic heterocycles. The van der Waals surface area contributed by atoms with Gasteiger partial charge in [-0.25, -0.2) is 4.39 Å². The fourth-order valence-electron chi connectivity index (χ4n) is 2.55. The second-order valence-corrected chi connectivity index (χ2v) is 5.01. The van der Waals surface area contributed by atoms with E-state index in [1.807, 2.05) is 6.07 Å². The minimum absolute atomic E-state index is 0.201. The van der Waals surface area contributed by atoms with Crippen LogP contribution in [-0.4, -0.2) is 13.1 Å². The number of hydrogen-bond acceptors (Lipinski definition) is 1. The van der Waals surface area contributed by atoms with Gasteiger partial charge < -0.3 is 4.90 Å². The van der Waals surface area contributed by atoms with Crippen LogP contribution in [0.15, 0.2) is 18.2 Å². The molecule has 3 heteroatoms. The van der Waals surface area contributed by atoms with Crippen LogP contribution >= 0.6 is 11.6 Å². The molecule has 0 amide bonds. The number of benzene rings is 1. The van der Waals surface area contributed by atoms with Gasteiger partial charge in [-0.05, 0) is 42.5 Å². The predicted molar refractivity (Wildman–Crippen MR) is 71.2 cm³/mol. The SMILES string of the molecule is CCC1CCN(c2ccc(F)cc2CCl)CC1. The Hall–Kier alpha value is -0.760. The Morgan fingerprint density at radius 3 is 2.65 bits per heavy atom. The normalized spacial score (nSPS) is 17.5.